The van der Waals surface area contributed by atoms with Crippen LogP contribution in [0.2, 0.25) is 0 Å². The maximum atomic E-state index is 5.33. The number of hydrogen-bond acceptors (Lipinski definition) is 3. The Hall–Kier alpha value is -0.120. The molecule has 0 aromatic carbocycles. The summed E-state index contributed by atoms with van der Waals surface area (Å²) in [6.07, 6.45) is 0.310. The lowest BCUT2D eigenvalue weighted by Crippen LogP contribution is -2.30. The molecule has 9 heavy (non-hydrogen) atoms. The Labute approximate surface area is 56.7 Å². The van der Waals surface area contributed by atoms with E-state index in [1.165, 1.54) is 0 Å². The molecule has 0 bridgehead atoms. The molecule has 2 N–H and O–H groups in total. The number of nitrogens with zero attached hydrogens (tertiary/aromatic N) is 1. The minimum absolute atomic E-state index is 0.310. The van der Waals surface area contributed by atoms with Gasteiger partial charge in [0.1, 0.15) is 0 Å². The van der Waals surface area contributed by atoms with Crippen LogP contribution in [0.1, 0.15) is 13.8 Å². The molecule has 3 nitrogen and oxygen atoms in total. The molecule has 0 aliphatic carbocycles. The molecule has 3 heteroatoms. The van der Waals surface area contributed by atoms with E-state index in [1.54, 1.807) is 5.01 Å². The predicted octanol–water partition coefficient (Wildman–Crippen LogP) is 0.217. The molecule has 0 heterocycles. The second-order valence-corrected chi connectivity index (χ2v) is 2.40. The zero-order valence-corrected chi connectivity index (χ0v) is 6.42. The van der Waals surface area contributed by atoms with Crippen molar-refractivity contribution in [2.45, 2.75) is 20.0 Å². The lowest BCUT2D eigenvalue weighted by Gasteiger charge is -2.11. The van der Waals surface area contributed by atoms with Crippen LogP contribution >= 0.6 is 0 Å². The van der Waals surface area contributed by atoms with E-state index in [1.807, 2.05) is 20.9 Å². The summed E-state index contributed by atoms with van der Waals surface area (Å²) in [4.78, 5) is 0. The smallest absolute Gasteiger partial charge is 0.0610 e. The molecular weight excluding hydrogens is 116 g/mol. The van der Waals surface area contributed by atoms with Gasteiger partial charge in [-0.15, -0.1) is 0 Å². The van der Waals surface area contributed by atoms with Crippen molar-refractivity contribution in [2.75, 3.05) is 20.2 Å². The second kappa shape index (κ2) is 4.73. The van der Waals surface area contributed by atoms with E-state index in [0.29, 0.717) is 12.7 Å². The number of ether oxygens (including phenoxy) is 1. The van der Waals surface area contributed by atoms with Crippen LogP contribution in [0.3, 0.4) is 0 Å². The van der Waals surface area contributed by atoms with Crippen molar-refractivity contribution in [3.63, 3.8) is 0 Å². The highest BCUT2D eigenvalue weighted by Gasteiger charge is 1.92. The second-order valence-electron chi connectivity index (χ2n) is 2.40. The fourth-order valence-electron chi connectivity index (χ4n) is 0.432. The van der Waals surface area contributed by atoms with Crippen LogP contribution in [-0.2, 0) is 4.74 Å². The molecule has 0 saturated heterocycles. The number of nitrogens with two attached hydrogens (primary N) is 1. The molecule has 0 amide bonds. The first kappa shape index (κ1) is 8.88. The highest BCUT2D eigenvalue weighted by atomic mass is 16.5. The molecule has 0 spiro atoms. The largest absolute Gasteiger partial charge is 0.377 e. The average molecular weight is 132 g/mol. The van der Waals surface area contributed by atoms with Gasteiger partial charge in [-0.3, -0.25) is 5.84 Å². The highest BCUT2D eigenvalue weighted by Crippen LogP contribution is 1.85. The molecule has 0 rings (SSSR count). The van der Waals surface area contributed by atoms with E-state index in [0.717, 1.165) is 6.54 Å². The molecule has 0 radical (unpaired) electrons. The van der Waals surface area contributed by atoms with Crippen molar-refractivity contribution < 1.29 is 4.74 Å². The molecule has 0 unspecified atom stereocenters. The van der Waals surface area contributed by atoms with Crippen LogP contribution in [0, 0.1) is 0 Å². The highest BCUT2D eigenvalue weighted by molar-refractivity contribution is 4.40. The third-order valence-electron chi connectivity index (χ3n) is 0.895. The van der Waals surface area contributed by atoms with Crippen LogP contribution in [0.15, 0.2) is 0 Å². The van der Waals surface area contributed by atoms with Crippen LogP contribution in [0.25, 0.3) is 0 Å². The van der Waals surface area contributed by atoms with Crippen LogP contribution in [-0.4, -0.2) is 31.3 Å². The Morgan fingerprint density at radius 3 is 2.44 bits per heavy atom. The third-order valence-corrected chi connectivity index (χ3v) is 0.895. The van der Waals surface area contributed by atoms with Crippen molar-refractivity contribution in [2.24, 2.45) is 5.84 Å². The SMILES string of the molecule is CC(C)OCCN(C)N. The third kappa shape index (κ3) is 7.88. The van der Waals surface area contributed by atoms with E-state index < -0.39 is 0 Å². The fraction of sp³-hybridized carbons (Fsp3) is 1.00. The van der Waals surface area contributed by atoms with E-state index in [9.17, 15) is 0 Å². The minimum Gasteiger partial charge on any atom is -0.377 e. The zero-order valence-electron chi connectivity index (χ0n) is 6.42. The molecule has 0 aliphatic heterocycles. The lowest BCUT2D eigenvalue weighted by atomic mass is 10.5. The molecule has 0 saturated carbocycles. The van der Waals surface area contributed by atoms with Crippen LogP contribution < -0.4 is 5.84 Å². The van der Waals surface area contributed by atoms with E-state index in [4.69, 9.17) is 10.6 Å². The summed E-state index contributed by atoms with van der Waals surface area (Å²) in [6, 6.07) is 0. The Balaban J connectivity index is 2.91. The minimum atomic E-state index is 0.310. The summed E-state index contributed by atoms with van der Waals surface area (Å²) >= 11 is 0. The quantitative estimate of drug-likeness (QED) is 0.439. The summed E-state index contributed by atoms with van der Waals surface area (Å²) < 4.78 is 5.23. The van der Waals surface area contributed by atoms with Crippen LogP contribution in [0.5, 0.6) is 0 Å². The molecule has 0 aromatic heterocycles. The number of likely N-dealkylation sites (N-methyl/N-ethyl adjacent to an activating group) is 1. The molecule has 56 valence electrons. The summed E-state index contributed by atoms with van der Waals surface area (Å²) in [7, 11) is 1.82. The van der Waals surface area contributed by atoms with Gasteiger partial charge >= 0.3 is 0 Å². The Kier molecular flexibility index (Phi) is 4.67. The van der Waals surface area contributed by atoms with E-state index in [-0.39, 0.29) is 0 Å². The molecule has 0 aromatic rings. The van der Waals surface area contributed by atoms with Gasteiger partial charge in [-0.05, 0) is 13.8 Å². The topological polar surface area (TPSA) is 38.5 Å². The summed E-state index contributed by atoms with van der Waals surface area (Å²) in [5, 5.41) is 1.61. The summed E-state index contributed by atoms with van der Waals surface area (Å²) in [6.45, 7) is 5.52. The normalized spacial score (nSPS) is 11.3. The summed E-state index contributed by atoms with van der Waals surface area (Å²) in [5.74, 6) is 5.33. The maximum absolute atomic E-state index is 5.33. The van der Waals surface area contributed by atoms with Gasteiger partial charge in [0.15, 0.2) is 0 Å². The predicted molar refractivity (Wildman–Crippen MR) is 37.9 cm³/mol. The first-order valence-electron chi connectivity index (χ1n) is 3.20. The van der Waals surface area contributed by atoms with Crippen molar-refractivity contribution in [1.82, 2.24) is 5.01 Å². The van der Waals surface area contributed by atoms with Gasteiger partial charge in [-0.2, -0.15) is 0 Å². The van der Waals surface area contributed by atoms with Crippen molar-refractivity contribution in [3.8, 4) is 0 Å². The Morgan fingerprint density at radius 2 is 2.11 bits per heavy atom. The first-order valence-corrected chi connectivity index (χ1v) is 3.20. The van der Waals surface area contributed by atoms with Gasteiger partial charge in [0.25, 0.3) is 0 Å². The molecular formula is C6H16N2O. The average Bonchev–Trinajstić information content (AvgIpc) is 1.63. The van der Waals surface area contributed by atoms with Crippen LogP contribution in [0.4, 0.5) is 0 Å². The van der Waals surface area contributed by atoms with Gasteiger partial charge in [0, 0.05) is 13.6 Å². The zero-order chi connectivity index (χ0) is 7.28. The fourth-order valence-corrected chi connectivity index (χ4v) is 0.432. The van der Waals surface area contributed by atoms with E-state index in [2.05, 4.69) is 0 Å². The summed E-state index contributed by atoms with van der Waals surface area (Å²) in [5.41, 5.74) is 0. The van der Waals surface area contributed by atoms with Crippen molar-refractivity contribution in [1.29, 1.82) is 0 Å². The van der Waals surface area contributed by atoms with Gasteiger partial charge in [0.05, 0.1) is 12.7 Å². The van der Waals surface area contributed by atoms with Crippen molar-refractivity contribution in [3.05, 3.63) is 0 Å². The Bertz CT molecular complexity index is 56.1. The lowest BCUT2D eigenvalue weighted by molar-refractivity contribution is 0.0639. The molecule has 0 atom stereocenters. The van der Waals surface area contributed by atoms with Gasteiger partial charge < -0.3 is 4.74 Å². The standard InChI is InChI=1S/C6H16N2O/c1-6(2)9-5-4-8(3)7/h6H,4-5,7H2,1-3H3. The molecule has 0 fully saturated rings. The Morgan fingerprint density at radius 1 is 1.56 bits per heavy atom. The number of hydrazine groups is 1. The van der Waals surface area contributed by atoms with Gasteiger partial charge in [0.2, 0.25) is 0 Å². The monoisotopic (exact) mass is 132 g/mol. The van der Waals surface area contributed by atoms with Gasteiger partial charge in [-0.25, -0.2) is 5.01 Å². The number of rotatable bonds is 4. The number of hydrogen-bond donors (Lipinski definition) is 1. The first-order chi connectivity index (χ1) is 4.13. The maximum Gasteiger partial charge on any atom is 0.0610 e. The molecule has 0 aliphatic rings. The van der Waals surface area contributed by atoms with Crippen molar-refractivity contribution >= 4 is 0 Å². The van der Waals surface area contributed by atoms with E-state index >= 15 is 0 Å². The van der Waals surface area contributed by atoms with Gasteiger partial charge in [-0.1, -0.05) is 0 Å².